The predicted molar refractivity (Wildman–Crippen MR) is 98.0 cm³/mol. The molecule has 3 fully saturated rings. The van der Waals surface area contributed by atoms with Crippen molar-refractivity contribution in [2.45, 2.75) is 71.8 Å². The van der Waals surface area contributed by atoms with Gasteiger partial charge in [0.05, 0.1) is 11.9 Å². The molecule has 0 aromatic rings. The molecule has 138 valence electrons. The fourth-order valence-corrected chi connectivity index (χ4v) is 7.58. The van der Waals surface area contributed by atoms with Gasteiger partial charge in [-0.3, -0.25) is 4.79 Å². The molecule has 0 spiro atoms. The molecule has 0 bridgehead atoms. The maximum Gasteiger partial charge on any atom is 0.184 e. The molecule has 4 rings (SSSR count). The summed E-state index contributed by atoms with van der Waals surface area (Å²) in [7, 11) is 0. The normalized spacial score (nSPS) is 53.9. The number of fused-ring (bicyclic) bond motifs is 5. The lowest BCUT2D eigenvalue weighted by atomic mass is 9.43. The second-order valence-electron chi connectivity index (χ2n) is 10.0. The largest absolute Gasteiger partial charge is 0.515 e. The van der Waals surface area contributed by atoms with Gasteiger partial charge in [-0.25, -0.2) is 0 Å². The van der Waals surface area contributed by atoms with Crippen molar-refractivity contribution in [1.82, 2.24) is 0 Å². The van der Waals surface area contributed by atoms with Gasteiger partial charge in [-0.2, -0.15) is 0 Å². The summed E-state index contributed by atoms with van der Waals surface area (Å²) in [6.07, 6.45) is 8.72. The lowest BCUT2D eigenvalue weighted by Crippen LogP contribution is -2.57. The Morgan fingerprint density at radius 2 is 1.96 bits per heavy atom. The number of rotatable bonds is 0. The lowest BCUT2D eigenvalue weighted by molar-refractivity contribution is -0.138. The van der Waals surface area contributed by atoms with Crippen molar-refractivity contribution in [1.29, 1.82) is 0 Å². The van der Waals surface area contributed by atoms with Crippen molar-refractivity contribution in [2.75, 3.05) is 0 Å². The fourth-order valence-electron chi connectivity index (χ4n) is 7.58. The van der Waals surface area contributed by atoms with E-state index in [-0.39, 0.29) is 16.6 Å². The lowest BCUT2D eigenvalue weighted by Gasteiger charge is -2.61. The van der Waals surface area contributed by atoms with Crippen LogP contribution in [0.5, 0.6) is 0 Å². The zero-order valence-electron chi connectivity index (χ0n) is 16.0. The zero-order chi connectivity index (χ0) is 18.2. The van der Waals surface area contributed by atoms with Crippen molar-refractivity contribution < 1.29 is 15.0 Å². The van der Waals surface area contributed by atoms with E-state index in [4.69, 9.17) is 0 Å². The Morgan fingerprint density at radius 1 is 1.24 bits per heavy atom. The number of allylic oxidation sites excluding steroid dienone is 2. The molecule has 0 aliphatic heterocycles. The van der Waals surface area contributed by atoms with Crippen molar-refractivity contribution >= 4 is 5.78 Å². The number of aliphatic hydroxyl groups is 2. The number of ketones is 1. The number of carbonyl (C=O) groups excluding carboxylic acids is 1. The highest BCUT2D eigenvalue weighted by molar-refractivity contribution is 6.05. The molecule has 0 aromatic carbocycles. The van der Waals surface area contributed by atoms with Crippen LogP contribution in [0.2, 0.25) is 0 Å². The quantitative estimate of drug-likeness (QED) is 0.500. The van der Waals surface area contributed by atoms with E-state index in [1.54, 1.807) is 0 Å². The topological polar surface area (TPSA) is 57.5 Å². The SMILES string of the molecule is CC1C[C@@]2(C)[C@@H](CC[C@]2(C)O)[C@@H]2CCC3=CC(=O)/C(=C\O)C[C@]3(C)[C@@H]12. The van der Waals surface area contributed by atoms with Crippen molar-refractivity contribution in [2.24, 2.45) is 34.5 Å². The zero-order valence-corrected chi connectivity index (χ0v) is 16.0. The van der Waals surface area contributed by atoms with Crippen LogP contribution in [0.1, 0.15) is 66.2 Å². The van der Waals surface area contributed by atoms with Gasteiger partial charge in [-0.1, -0.05) is 26.3 Å². The molecule has 3 saturated carbocycles. The first-order chi connectivity index (χ1) is 11.6. The molecule has 0 saturated heterocycles. The van der Waals surface area contributed by atoms with Gasteiger partial charge in [0.2, 0.25) is 0 Å². The number of carbonyl (C=O) groups is 1. The van der Waals surface area contributed by atoms with Crippen LogP contribution < -0.4 is 0 Å². The maximum atomic E-state index is 12.2. The molecular formula is C22H32O3. The smallest absolute Gasteiger partial charge is 0.184 e. The first-order valence-electron chi connectivity index (χ1n) is 9.95. The summed E-state index contributed by atoms with van der Waals surface area (Å²) in [5, 5.41) is 20.6. The average molecular weight is 344 g/mol. The van der Waals surface area contributed by atoms with Gasteiger partial charge in [0.1, 0.15) is 0 Å². The van der Waals surface area contributed by atoms with E-state index in [2.05, 4.69) is 20.8 Å². The minimum Gasteiger partial charge on any atom is -0.515 e. The minimum absolute atomic E-state index is 0.00525. The van der Waals surface area contributed by atoms with Gasteiger partial charge < -0.3 is 10.2 Å². The molecule has 3 nitrogen and oxygen atoms in total. The first-order valence-corrected chi connectivity index (χ1v) is 9.95. The molecule has 4 aliphatic rings. The highest BCUT2D eigenvalue weighted by Gasteiger charge is 2.64. The van der Waals surface area contributed by atoms with Gasteiger partial charge in [0, 0.05) is 5.57 Å². The first kappa shape index (κ1) is 17.3. The Bertz CT molecular complexity index is 673. The summed E-state index contributed by atoms with van der Waals surface area (Å²) < 4.78 is 0. The monoisotopic (exact) mass is 344 g/mol. The highest BCUT2D eigenvalue weighted by Crippen LogP contribution is 2.69. The van der Waals surface area contributed by atoms with E-state index in [1.165, 1.54) is 5.57 Å². The highest BCUT2D eigenvalue weighted by atomic mass is 16.3. The Hall–Kier alpha value is -1.09. The van der Waals surface area contributed by atoms with Crippen LogP contribution in [-0.4, -0.2) is 21.6 Å². The van der Waals surface area contributed by atoms with Gasteiger partial charge in [-0.15, -0.1) is 0 Å². The van der Waals surface area contributed by atoms with E-state index in [1.807, 2.05) is 13.0 Å². The Morgan fingerprint density at radius 3 is 2.64 bits per heavy atom. The molecule has 7 atom stereocenters. The molecule has 3 heteroatoms. The van der Waals surface area contributed by atoms with Crippen LogP contribution in [-0.2, 0) is 4.79 Å². The molecule has 0 radical (unpaired) electrons. The van der Waals surface area contributed by atoms with Gasteiger partial charge in [0.15, 0.2) is 5.78 Å². The van der Waals surface area contributed by atoms with Crippen LogP contribution in [0, 0.1) is 34.5 Å². The van der Waals surface area contributed by atoms with E-state index < -0.39 is 5.60 Å². The molecule has 1 unspecified atom stereocenters. The van der Waals surface area contributed by atoms with E-state index in [0.717, 1.165) is 38.4 Å². The van der Waals surface area contributed by atoms with Crippen molar-refractivity contribution in [3.63, 3.8) is 0 Å². The Balaban J connectivity index is 1.77. The molecule has 4 aliphatic carbocycles. The average Bonchev–Trinajstić information content (AvgIpc) is 2.76. The molecule has 25 heavy (non-hydrogen) atoms. The van der Waals surface area contributed by atoms with Crippen molar-refractivity contribution in [3.05, 3.63) is 23.5 Å². The van der Waals surface area contributed by atoms with Crippen molar-refractivity contribution in [3.8, 4) is 0 Å². The van der Waals surface area contributed by atoms with Gasteiger partial charge in [-0.05, 0) is 86.0 Å². The van der Waals surface area contributed by atoms with Crippen LogP contribution in [0.4, 0.5) is 0 Å². The third-order valence-corrected chi connectivity index (χ3v) is 8.88. The molecule has 2 N–H and O–H groups in total. The standard InChI is InChI=1S/C22H32O3/c1-13-10-21(3)17(7-8-22(21,4)25)16-6-5-15-9-18(24)14(12-23)11-20(15,2)19(13)16/h9,12-13,16-17,19,23,25H,5-8,10-11H2,1-4H3/b14-12-/t13?,16-,17-,19-,20-,21-,22-/m0/s1. The van der Waals surface area contributed by atoms with Crippen LogP contribution in [0.25, 0.3) is 0 Å². The third kappa shape index (κ3) is 2.11. The molecule has 0 aromatic heterocycles. The number of hydrogen-bond donors (Lipinski definition) is 2. The second kappa shape index (κ2) is 5.22. The van der Waals surface area contributed by atoms with Gasteiger partial charge >= 0.3 is 0 Å². The van der Waals surface area contributed by atoms with E-state index >= 15 is 0 Å². The summed E-state index contributed by atoms with van der Waals surface area (Å²) in [6, 6.07) is 0. The third-order valence-electron chi connectivity index (χ3n) is 8.88. The summed E-state index contributed by atoms with van der Waals surface area (Å²) in [5.74, 6) is 2.21. The van der Waals surface area contributed by atoms with Crippen LogP contribution >= 0.6 is 0 Å². The van der Waals surface area contributed by atoms with Crippen LogP contribution in [0.3, 0.4) is 0 Å². The number of aliphatic hydroxyl groups excluding tert-OH is 1. The van der Waals surface area contributed by atoms with E-state index in [9.17, 15) is 15.0 Å². The van der Waals surface area contributed by atoms with E-state index in [0.29, 0.717) is 35.7 Å². The number of hydrogen-bond acceptors (Lipinski definition) is 3. The molecule has 0 heterocycles. The summed E-state index contributed by atoms with van der Waals surface area (Å²) >= 11 is 0. The second-order valence-corrected chi connectivity index (χ2v) is 10.0. The minimum atomic E-state index is -0.563. The van der Waals surface area contributed by atoms with Gasteiger partial charge in [0.25, 0.3) is 0 Å². The molecule has 0 amide bonds. The van der Waals surface area contributed by atoms with Crippen LogP contribution in [0.15, 0.2) is 23.5 Å². The Labute approximate surface area is 151 Å². The molecular weight excluding hydrogens is 312 g/mol. The summed E-state index contributed by atoms with van der Waals surface area (Å²) in [4.78, 5) is 12.2. The summed E-state index contributed by atoms with van der Waals surface area (Å²) in [6.45, 7) is 9.02. The Kier molecular flexibility index (Phi) is 3.62. The summed E-state index contributed by atoms with van der Waals surface area (Å²) in [5.41, 5.74) is 1.27. The fraction of sp³-hybridized carbons (Fsp3) is 0.773. The maximum absolute atomic E-state index is 12.2. The predicted octanol–water partition coefficient (Wildman–Crippen LogP) is 4.57.